The molecule has 1 saturated carbocycles. The molecule has 7 nitrogen and oxygen atoms in total. The Bertz CT molecular complexity index is 579. The third kappa shape index (κ3) is 3.56. The number of guanidine groups is 1. The van der Waals surface area contributed by atoms with Crippen molar-refractivity contribution in [3.8, 4) is 0 Å². The molecule has 4 aliphatic rings. The van der Waals surface area contributed by atoms with Gasteiger partial charge in [-0.1, -0.05) is 13.8 Å². The van der Waals surface area contributed by atoms with Crippen LogP contribution in [0.4, 0.5) is 0 Å². The van der Waals surface area contributed by atoms with E-state index in [1.54, 1.807) is 0 Å². The average molecular weight is 378 g/mol. The topological polar surface area (TPSA) is 60.4 Å². The second kappa shape index (κ2) is 7.59. The Morgan fingerprint density at radius 1 is 1.11 bits per heavy atom. The van der Waals surface area contributed by atoms with E-state index >= 15 is 0 Å². The van der Waals surface area contributed by atoms with Crippen LogP contribution in [0.25, 0.3) is 0 Å². The number of ether oxygens (including phenoxy) is 1. The molecule has 0 spiro atoms. The Labute approximate surface area is 163 Å². The molecule has 3 aliphatic heterocycles. The summed E-state index contributed by atoms with van der Waals surface area (Å²) >= 11 is 0. The van der Waals surface area contributed by atoms with Gasteiger partial charge in [-0.2, -0.15) is 0 Å². The molecular formula is C20H35N5O2. The van der Waals surface area contributed by atoms with Crippen molar-refractivity contribution < 1.29 is 9.53 Å². The zero-order chi connectivity index (χ0) is 19.0. The number of nitrogens with zero attached hydrogens (tertiary/aromatic N) is 4. The number of aliphatic imine (C=N–C) groups is 1. The quantitative estimate of drug-likeness (QED) is 0.577. The van der Waals surface area contributed by atoms with E-state index < -0.39 is 0 Å². The number of fused-ring (bicyclic) bond motifs is 1. The first kappa shape index (κ1) is 19.0. The van der Waals surface area contributed by atoms with Crippen molar-refractivity contribution in [2.75, 3.05) is 59.5 Å². The molecule has 27 heavy (non-hydrogen) atoms. The van der Waals surface area contributed by atoms with Gasteiger partial charge in [0, 0.05) is 70.3 Å². The molecule has 7 heteroatoms. The standard InChI is InChI=1S/C20H35N5O2/c1-20(2)17(15-6-13-27-18(15)20)22-19(21-3)25-11-9-23(10-12-25)14-16(26)24-7-4-5-8-24/h15,17-18H,4-14H2,1-3H3,(H,21,22). The Balaban J connectivity index is 1.27. The molecule has 4 fully saturated rings. The third-order valence-corrected chi connectivity index (χ3v) is 7.09. The highest BCUT2D eigenvalue weighted by Gasteiger charge is 2.59. The average Bonchev–Trinajstić information content (AvgIpc) is 3.34. The smallest absolute Gasteiger partial charge is 0.236 e. The lowest BCUT2D eigenvalue weighted by Crippen LogP contribution is -2.68. The third-order valence-electron chi connectivity index (χ3n) is 7.09. The molecular weight excluding hydrogens is 342 g/mol. The molecule has 0 aromatic rings. The minimum Gasteiger partial charge on any atom is -0.377 e. The molecule has 3 unspecified atom stereocenters. The molecule has 1 amide bonds. The fourth-order valence-electron chi connectivity index (χ4n) is 5.43. The van der Waals surface area contributed by atoms with Gasteiger partial charge in [0.15, 0.2) is 5.96 Å². The second-order valence-corrected chi connectivity index (χ2v) is 9.09. The van der Waals surface area contributed by atoms with Crippen molar-refractivity contribution >= 4 is 11.9 Å². The first-order chi connectivity index (χ1) is 13.0. The first-order valence-electron chi connectivity index (χ1n) is 10.6. The van der Waals surface area contributed by atoms with Gasteiger partial charge in [-0.05, 0) is 19.3 Å². The molecule has 1 N–H and O–H groups in total. The van der Waals surface area contributed by atoms with Gasteiger partial charge in [0.2, 0.25) is 5.91 Å². The second-order valence-electron chi connectivity index (χ2n) is 9.09. The number of likely N-dealkylation sites (tertiary alicyclic amines) is 1. The van der Waals surface area contributed by atoms with E-state index in [-0.39, 0.29) is 5.41 Å². The summed E-state index contributed by atoms with van der Waals surface area (Å²) in [7, 11) is 1.87. The van der Waals surface area contributed by atoms with Crippen LogP contribution in [0.5, 0.6) is 0 Å². The predicted octanol–water partition coefficient (Wildman–Crippen LogP) is 0.615. The summed E-state index contributed by atoms with van der Waals surface area (Å²) in [6.07, 6.45) is 3.86. The van der Waals surface area contributed by atoms with Crippen LogP contribution in [-0.2, 0) is 9.53 Å². The number of rotatable bonds is 3. The fourth-order valence-corrected chi connectivity index (χ4v) is 5.43. The zero-order valence-electron chi connectivity index (χ0n) is 17.1. The summed E-state index contributed by atoms with van der Waals surface area (Å²) in [5.41, 5.74) is 0.154. The maximum Gasteiger partial charge on any atom is 0.236 e. The van der Waals surface area contributed by atoms with Gasteiger partial charge >= 0.3 is 0 Å². The number of carbonyl (C=O) groups excluding carboxylic acids is 1. The normalized spacial score (nSPS) is 33.7. The highest BCUT2D eigenvalue weighted by molar-refractivity contribution is 5.81. The number of nitrogens with one attached hydrogen (secondary N) is 1. The Kier molecular flexibility index (Phi) is 5.34. The Morgan fingerprint density at radius 3 is 2.48 bits per heavy atom. The minimum absolute atomic E-state index is 0.154. The van der Waals surface area contributed by atoms with E-state index in [4.69, 9.17) is 4.74 Å². The lowest BCUT2D eigenvalue weighted by Gasteiger charge is -2.55. The summed E-state index contributed by atoms with van der Waals surface area (Å²) < 4.78 is 5.92. The maximum atomic E-state index is 12.4. The van der Waals surface area contributed by atoms with Crippen LogP contribution in [-0.4, -0.2) is 98.2 Å². The predicted molar refractivity (Wildman–Crippen MR) is 106 cm³/mol. The van der Waals surface area contributed by atoms with E-state index in [1.807, 2.05) is 11.9 Å². The van der Waals surface area contributed by atoms with Gasteiger partial charge in [0.25, 0.3) is 0 Å². The highest BCUT2D eigenvalue weighted by Crippen LogP contribution is 2.52. The van der Waals surface area contributed by atoms with E-state index in [1.165, 1.54) is 0 Å². The Hall–Kier alpha value is -1.34. The van der Waals surface area contributed by atoms with Gasteiger partial charge in [-0.15, -0.1) is 0 Å². The number of hydrogen-bond acceptors (Lipinski definition) is 4. The molecule has 3 saturated heterocycles. The van der Waals surface area contributed by atoms with Crippen LogP contribution in [0.15, 0.2) is 4.99 Å². The molecule has 4 rings (SSSR count). The molecule has 1 aliphatic carbocycles. The van der Waals surface area contributed by atoms with Crippen LogP contribution in [0.1, 0.15) is 33.1 Å². The summed E-state index contributed by atoms with van der Waals surface area (Å²) in [5.74, 6) is 1.91. The van der Waals surface area contributed by atoms with Gasteiger partial charge in [-0.3, -0.25) is 14.7 Å². The van der Waals surface area contributed by atoms with Crippen molar-refractivity contribution in [2.24, 2.45) is 16.3 Å². The molecule has 3 atom stereocenters. The first-order valence-corrected chi connectivity index (χ1v) is 10.6. The summed E-state index contributed by atoms with van der Waals surface area (Å²) in [5, 5.41) is 3.74. The van der Waals surface area contributed by atoms with Crippen LogP contribution in [0, 0.1) is 11.3 Å². The maximum absolute atomic E-state index is 12.4. The van der Waals surface area contributed by atoms with Gasteiger partial charge in [-0.25, -0.2) is 0 Å². The molecule has 0 aromatic heterocycles. The van der Waals surface area contributed by atoms with Gasteiger partial charge in [0.1, 0.15) is 0 Å². The molecule has 0 radical (unpaired) electrons. The molecule has 0 aromatic carbocycles. The zero-order valence-corrected chi connectivity index (χ0v) is 17.1. The van der Waals surface area contributed by atoms with Crippen molar-refractivity contribution in [1.82, 2.24) is 20.0 Å². The number of amides is 1. The largest absolute Gasteiger partial charge is 0.377 e. The molecule has 3 heterocycles. The monoisotopic (exact) mass is 377 g/mol. The number of carbonyl (C=O) groups is 1. The summed E-state index contributed by atoms with van der Waals surface area (Å²) in [6, 6.07) is 0.429. The van der Waals surface area contributed by atoms with Crippen molar-refractivity contribution in [2.45, 2.75) is 45.3 Å². The highest BCUT2D eigenvalue weighted by atomic mass is 16.5. The van der Waals surface area contributed by atoms with Crippen LogP contribution in [0.2, 0.25) is 0 Å². The van der Waals surface area contributed by atoms with E-state index in [9.17, 15) is 4.79 Å². The molecule has 0 bridgehead atoms. The van der Waals surface area contributed by atoms with Gasteiger partial charge in [0.05, 0.1) is 12.6 Å². The lowest BCUT2D eigenvalue weighted by atomic mass is 9.57. The van der Waals surface area contributed by atoms with E-state index in [2.05, 4.69) is 34.0 Å². The summed E-state index contributed by atoms with van der Waals surface area (Å²) in [4.78, 5) is 23.6. The lowest BCUT2D eigenvalue weighted by molar-refractivity contribution is -0.131. The van der Waals surface area contributed by atoms with Crippen LogP contribution in [0.3, 0.4) is 0 Å². The van der Waals surface area contributed by atoms with E-state index in [0.717, 1.165) is 71.1 Å². The summed E-state index contributed by atoms with van der Waals surface area (Å²) in [6.45, 7) is 11.6. The number of piperazine rings is 1. The molecule has 152 valence electrons. The fraction of sp³-hybridized carbons (Fsp3) is 0.900. The SMILES string of the molecule is CN=C(NC1C2CCOC2C1(C)C)N1CCN(CC(=O)N2CCCC2)CC1. The van der Waals surface area contributed by atoms with Crippen molar-refractivity contribution in [3.05, 3.63) is 0 Å². The van der Waals surface area contributed by atoms with Crippen LogP contribution < -0.4 is 5.32 Å². The number of hydrogen-bond donors (Lipinski definition) is 1. The van der Waals surface area contributed by atoms with Crippen molar-refractivity contribution in [3.63, 3.8) is 0 Å². The van der Waals surface area contributed by atoms with Crippen molar-refractivity contribution in [1.29, 1.82) is 0 Å². The minimum atomic E-state index is 0.154. The van der Waals surface area contributed by atoms with Gasteiger partial charge < -0.3 is 19.9 Å². The Morgan fingerprint density at radius 2 is 1.81 bits per heavy atom. The van der Waals surface area contributed by atoms with E-state index in [0.29, 0.717) is 30.5 Å². The van der Waals surface area contributed by atoms with Crippen LogP contribution >= 0.6 is 0 Å².